The summed E-state index contributed by atoms with van der Waals surface area (Å²) in [6.45, 7) is 6.76. The van der Waals surface area contributed by atoms with Crippen molar-refractivity contribution in [2.24, 2.45) is 16.7 Å². The number of carboxylic acid groups (broad SMARTS) is 1. The van der Waals surface area contributed by atoms with Gasteiger partial charge in [0.05, 0.1) is 23.8 Å². The number of methoxy groups -OCH3 is 1. The molecule has 0 spiro atoms. The number of carbonyl (C=O) groups is 2. The standard InChI is InChI=1S/C24H29ClO8/c1-10-13(20(29)30)16(27)14(17(33-5)15(10)25)12-7-22(4)18-19(28)21(2,3)9-23(18,31)6-11(8-26)24(12,22)32/h6,8,12,18-19,27-28,31-32H,7,9H2,1-5H3,(H,29,30)/t12-,18?,19-,22-,23+,24+/m1/s1. The lowest BCUT2D eigenvalue weighted by Crippen LogP contribution is -2.72. The van der Waals surface area contributed by atoms with Crippen LogP contribution in [0.15, 0.2) is 11.6 Å². The summed E-state index contributed by atoms with van der Waals surface area (Å²) in [4.78, 5) is 24.0. The summed E-state index contributed by atoms with van der Waals surface area (Å²) in [6.07, 6.45) is 1.14. The summed E-state index contributed by atoms with van der Waals surface area (Å²) in [5.41, 5.74) is -5.65. The molecule has 180 valence electrons. The fourth-order valence-electron chi connectivity index (χ4n) is 7.02. The number of fused-ring (bicyclic) bond motifs is 3. The minimum absolute atomic E-state index is 0.00975. The summed E-state index contributed by atoms with van der Waals surface area (Å²) in [5.74, 6) is -3.75. The summed E-state index contributed by atoms with van der Waals surface area (Å²) < 4.78 is 5.41. The molecule has 3 aliphatic carbocycles. The first-order chi connectivity index (χ1) is 15.1. The Morgan fingerprint density at radius 2 is 1.88 bits per heavy atom. The predicted molar refractivity (Wildman–Crippen MR) is 119 cm³/mol. The van der Waals surface area contributed by atoms with Crippen molar-refractivity contribution in [3.63, 3.8) is 0 Å². The third kappa shape index (κ3) is 2.69. The van der Waals surface area contributed by atoms with Gasteiger partial charge in [-0.25, -0.2) is 4.79 Å². The summed E-state index contributed by atoms with van der Waals surface area (Å²) in [6, 6.07) is 0. The Morgan fingerprint density at radius 1 is 1.27 bits per heavy atom. The van der Waals surface area contributed by atoms with E-state index >= 15 is 0 Å². The number of phenols is 1. The highest BCUT2D eigenvalue weighted by Crippen LogP contribution is 2.74. The number of aliphatic hydroxyl groups is 3. The third-order valence-corrected chi connectivity index (χ3v) is 8.92. The van der Waals surface area contributed by atoms with Gasteiger partial charge in [-0.05, 0) is 36.8 Å². The van der Waals surface area contributed by atoms with Gasteiger partial charge in [0, 0.05) is 28.4 Å². The molecule has 0 aliphatic heterocycles. The minimum atomic E-state index is -1.91. The van der Waals surface area contributed by atoms with Gasteiger partial charge < -0.3 is 30.3 Å². The number of benzene rings is 1. The van der Waals surface area contributed by atoms with Crippen LogP contribution in [0.4, 0.5) is 0 Å². The number of aliphatic hydroxyl groups excluding tert-OH is 1. The number of carbonyl (C=O) groups excluding carboxylic acids is 1. The quantitative estimate of drug-likeness (QED) is 0.413. The molecule has 0 saturated heterocycles. The Labute approximate surface area is 196 Å². The Morgan fingerprint density at radius 3 is 2.39 bits per heavy atom. The topological polar surface area (TPSA) is 145 Å². The average Bonchev–Trinajstić information content (AvgIpc) is 2.89. The van der Waals surface area contributed by atoms with Gasteiger partial charge in [0.25, 0.3) is 0 Å². The SMILES string of the molecule is COc1c(Cl)c(C)c(C(=O)O)c(O)c1[C@H]1C[C@]2(C)C3[C@@H](O)C(C)(C)C[C@@]3(O)C=C(C=O)[C@]12O. The van der Waals surface area contributed by atoms with E-state index < -0.39 is 57.3 Å². The normalized spacial score (nSPS) is 38.6. The van der Waals surface area contributed by atoms with Crippen LogP contribution in [-0.4, -0.2) is 62.2 Å². The molecule has 1 aromatic carbocycles. The number of halogens is 1. The van der Waals surface area contributed by atoms with E-state index in [-0.39, 0.29) is 40.3 Å². The maximum absolute atomic E-state index is 12.2. The van der Waals surface area contributed by atoms with Crippen molar-refractivity contribution in [2.75, 3.05) is 7.11 Å². The van der Waals surface area contributed by atoms with Crippen molar-refractivity contribution in [1.29, 1.82) is 0 Å². The van der Waals surface area contributed by atoms with Crippen molar-refractivity contribution in [2.45, 2.75) is 63.8 Å². The Kier molecular flexibility index (Phi) is 5.05. The van der Waals surface area contributed by atoms with Crippen molar-refractivity contribution in [3.8, 4) is 11.5 Å². The van der Waals surface area contributed by atoms with Crippen LogP contribution in [0.2, 0.25) is 5.02 Å². The molecule has 4 rings (SSSR count). The number of aldehydes is 1. The lowest BCUT2D eigenvalue weighted by molar-refractivity contribution is -0.232. The van der Waals surface area contributed by atoms with Crippen molar-refractivity contribution in [3.05, 3.63) is 33.4 Å². The Balaban J connectivity index is 1.98. The van der Waals surface area contributed by atoms with Gasteiger partial charge in [0.2, 0.25) is 0 Å². The lowest BCUT2D eigenvalue weighted by Gasteiger charge is -2.67. The number of aromatic carboxylic acids is 1. The van der Waals surface area contributed by atoms with E-state index in [2.05, 4.69) is 0 Å². The number of hydrogen-bond donors (Lipinski definition) is 5. The van der Waals surface area contributed by atoms with E-state index in [1.165, 1.54) is 20.1 Å². The molecule has 0 bridgehead atoms. The molecule has 3 aliphatic rings. The molecule has 0 radical (unpaired) electrons. The fourth-order valence-corrected chi connectivity index (χ4v) is 7.29. The highest BCUT2D eigenvalue weighted by Gasteiger charge is 2.77. The van der Waals surface area contributed by atoms with Gasteiger partial charge in [-0.3, -0.25) is 4.79 Å². The van der Waals surface area contributed by atoms with Crippen LogP contribution >= 0.6 is 11.6 Å². The van der Waals surface area contributed by atoms with Gasteiger partial charge in [0.1, 0.15) is 28.9 Å². The van der Waals surface area contributed by atoms with Gasteiger partial charge in [0.15, 0.2) is 0 Å². The number of rotatable bonds is 4. The highest BCUT2D eigenvalue weighted by molar-refractivity contribution is 6.33. The monoisotopic (exact) mass is 480 g/mol. The number of ether oxygens (including phenoxy) is 1. The molecule has 2 saturated carbocycles. The molecule has 1 aromatic rings. The number of carboxylic acids is 1. The molecule has 0 heterocycles. The highest BCUT2D eigenvalue weighted by atomic mass is 35.5. The van der Waals surface area contributed by atoms with E-state index in [0.717, 1.165) is 0 Å². The molecule has 33 heavy (non-hydrogen) atoms. The van der Waals surface area contributed by atoms with Crippen LogP contribution < -0.4 is 4.74 Å². The second-order valence-electron chi connectivity index (χ2n) is 10.7. The van der Waals surface area contributed by atoms with E-state index in [0.29, 0.717) is 6.29 Å². The molecule has 5 N–H and O–H groups in total. The summed E-state index contributed by atoms with van der Waals surface area (Å²) in [5, 5.41) is 55.3. The first kappa shape index (κ1) is 24.0. The largest absolute Gasteiger partial charge is 0.507 e. The maximum atomic E-state index is 12.2. The molecule has 0 amide bonds. The first-order valence-electron chi connectivity index (χ1n) is 10.8. The molecule has 9 heteroatoms. The average molecular weight is 481 g/mol. The van der Waals surface area contributed by atoms with Crippen molar-refractivity contribution in [1.82, 2.24) is 0 Å². The predicted octanol–water partition coefficient (Wildman–Crippen LogP) is 2.56. The van der Waals surface area contributed by atoms with E-state index in [1.54, 1.807) is 6.92 Å². The fraction of sp³-hybridized carbons (Fsp3) is 0.583. The zero-order chi connectivity index (χ0) is 24.9. The summed E-state index contributed by atoms with van der Waals surface area (Å²) in [7, 11) is 1.31. The Hall–Kier alpha value is -2.13. The van der Waals surface area contributed by atoms with Crippen LogP contribution in [0, 0.1) is 23.7 Å². The Bertz CT molecular complexity index is 1110. The smallest absolute Gasteiger partial charge is 0.339 e. The lowest BCUT2D eigenvalue weighted by atomic mass is 9.39. The molecule has 2 fully saturated rings. The van der Waals surface area contributed by atoms with Crippen molar-refractivity contribution >= 4 is 23.9 Å². The molecular weight excluding hydrogens is 452 g/mol. The van der Waals surface area contributed by atoms with Gasteiger partial charge in [-0.1, -0.05) is 32.4 Å². The van der Waals surface area contributed by atoms with Crippen LogP contribution in [-0.2, 0) is 4.79 Å². The van der Waals surface area contributed by atoms with Crippen molar-refractivity contribution < 1.29 is 39.9 Å². The van der Waals surface area contributed by atoms with Crippen LogP contribution in [0.25, 0.3) is 0 Å². The number of aromatic hydroxyl groups is 1. The second-order valence-corrected chi connectivity index (χ2v) is 11.0. The van der Waals surface area contributed by atoms with Gasteiger partial charge >= 0.3 is 5.97 Å². The molecule has 1 unspecified atom stereocenters. The molecule has 8 nitrogen and oxygen atoms in total. The van der Waals surface area contributed by atoms with Crippen LogP contribution in [0.3, 0.4) is 0 Å². The van der Waals surface area contributed by atoms with E-state index in [4.69, 9.17) is 16.3 Å². The minimum Gasteiger partial charge on any atom is -0.507 e. The zero-order valence-corrected chi connectivity index (χ0v) is 19.9. The molecule has 0 aromatic heterocycles. The second kappa shape index (κ2) is 6.95. The van der Waals surface area contributed by atoms with Gasteiger partial charge in [-0.15, -0.1) is 0 Å². The number of hydrogen-bond acceptors (Lipinski definition) is 7. The van der Waals surface area contributed by atoms with Crippen LogP contribution in [0.5, 0.6) is 11.5 Å². The summed E-state index contributed by atoms with van der Waals surface area (Å²) >= 11 is 6.40. The van der Waals surface area contributed by atoms with Crippen LogP contribution in [0.1, 0.15) is 61.0 Å². The first-order valence-corrected chi connectivity index (χ1v) is 11.1. The van der Waals surface area contributed by atoms with E-state index in [1.807, 2.05) is 13.8 Å². The van der Waals surface area contributed by atoms with Gasteiger partial charge in [-0.2, -0.15) is 0 Å². The zero-order valence-electron chi connectivity index (χ0n) is 19.1. The van der Waals surface area contributed by atoms with E-state index in [9.17, 15) is 35.1 Å². The maximum Gasteiger partial charge on any atom is 0.339 e. The third-order valence-electron chi connectivity index (χ3n) is 8.46. The molecular formula is C24H29ClO8. The molecule has 6 atom stereocenters.